The highest BCUT2D eigenvalue weighted by Crippen LogP contribution is 2.46. The van der Waals surface area contributed by atoms with E-state index in [2.05, 4.69) is 67.6 Å². The van der Waals surface area contributed by atoms with E-state index in [0.717, 1.165) is 12.5 Å². The van der Waals surface area contributed by atoms with Gasteiger partial charge in [0.15, 0.2) is 0 Å². The molecular formula is C18H39N. The molecule has 0 aliphatic carbocycles. The van der Waals surface area contributed by atoms with Gasteiger partial charge in [-0.1, -0.05) is 61.3 Å². The quantitative estimate of drug-likeness (QED) is 0.562. The Kier molecular flexibility index (Phi) is 7.09. The Morgan fingerprint density at radius 3 is 1.84 bits per heavy atom. The Morgan fingerprint density at radius 2 is 1.42 bits per heavy atom. The van der Waals surface area contributed by atoms with Crippen LogP contribution in [-0.2, 0) is 0 Å². The normalized spacial score (nSPS) is 15.6. The molecule has 0 aliphatic heterocycles. The second-order valence-corrected chi connectivity index (χ2v) is 8.46. The van der Waals surface area contributed by atoms with Crippen LogP contribution in [0.2, 0.25) is 0 Å². The molecule has 0 radical (unpaired) electrons. The molecule has 116 valence electrons. The first kappa shape index (κ1) is 19.0. The lowest BCUT2D eigenvalue weighted by molar-refractivity contribution is 0.0271. The van der Waals surface area contributed by atoms with Gasteiger partial charge in [-0.2, -0.15) is 0 Å². The molecule has 0 rings (SSSR count). The Balaban J connectivity index is 4.25. The van der Waals surface area contributed by atoms with Crippen molar-refractivity contribution in [3.05, 3.63) is 0 Å². The molecule has 0 bridgehead atoms. The van der Waals surface area contributed by atoms with Crippen molar-refractivity contribution in [3.8, 4) is 0 Å². The van der Waals surface area contributed by atoms with Gasteiger partial charge < -0.3 is 5.32 Å². The molecule has 0 aromatic carbocycles. The van der Waals surface area contributed by atoms with E-state index >= 15 is 0 Å². The molecule has 1 heteroatoms. The average molecular weight is 270 g/mol. The first-order valence-electron chi connectivity index (χ1n) is 8.20. The number of rotatable bonds is 8. The molecule has 1 atom stereocenters. The summed E-state index contributed by atoms with van der Waals surface area (Å²) < 4.78 is 0. The first-order chi connectivity index (χ1) is 8.45. The van der Waals surface area contributed by atoms with Gasteiger partial charge in [-0.3, -0.25) is 0 Å². The van der Waals surface area contributed by atoms with Gasteiger partial charge >= 0.3 is 0 Å². The van der Waals surface area contributed by atoms with Gasteiger partial charge in [0, 0.05) is 5.54 Å². The predicted octanol–water partition coefficient (Wildman–Crippen LogP) is 5.64. The zero-order chi connectivity index (χ0) is 15.3. The molecule has 0 aromatic heterocycles. The van der Waals surface area contributed by atoms with Gasteiger partial charge in [-0.05, 0) is 50.0 Å². The Bertz CT molecular complexity index is 245. The summed E-state index contributed by atoms with van der Waals surface area (Å²) in [4.78, 5) is 0. The highest BCUT2D eigenvalue weighted by atomic mass is 15.0. The predicted molar refractivity (Wildman–Crippen MR) is 88.6 cm³/mol. The minimum absolute atomic E-state index is 0.166. The maximum atomic E-state index is 3.80. The van der Waals surface area contributed by atoms with Crippen LogP contribution in [0.25, 0.3) is 0 Å². The molecule has 1 N–H and O–H groups in total. The summed E-state index contributed by atoms with van der Waals surface area (Å²) in [6.07, 6.45) is 5.34. The fourth-order valence-electron chi connectivity index (χ4n) is 2.65. The Labute approximate surface area is 122 Å². The van der Waals surface area contributed by atoms with Crippen molar-refractivity contribution in [1.82, 2.24) is 5.32 Å². The Hall–Kier alpha value is -0.0400. The van der Waals surface area contributed by atoms with Crippen molar-refractivity contribution in [2.45, 2.75) is 93.5 Å². The van der Waals surface area contributed by atoms with Gasteiger partial charge in [0.1, 0.15) is 0 Å². The minimum Gasteiger partial charge on any atom is -0.311 e. The van der Waals surface area contributed by atoms with Gasteiger partial charge in [-0.25, -0.2) is 0 Å². The SMILES string of the molecule is CCCC(C)CCCNC(C)(C)C(C)(C)C(C)(C)C. The highest BCUT2D eigenvalue weighted by Gasteiger charge is 2.44. The third-order valence-corrected chi connectivity index (χ3v) is 5.66. The molecule has 0 fully saturated rings. The van der Waals surface area contributed by atoms with E-state index in [9.17, 15) is 0 Å². The molecule has 0 heterocycles. The monoisotopic (exact) mass is 269 g/mol. The summed E-state index contributed by atoms with van der Waals surface area (Å²) >= 11 is 0. The number of hydrogen-bond acceptors (Lipinski definition) is 1. The van der Waals surface area contributed by atoms with Gasteiger partial charge in [0.2, 0.25) is 0 Å². The highest BCUT2D eigenvalue weighted by molar-refractivity contribution is 4.99. The average Bonchev–Trinajstić information content (AvgIpc) is 2.23. The van der Waals surface area contributed by atoms with Crippen LogP contribution in [-0.4, -0.2) is 12.1 Å². The van der Waals surface area contributed by atoms with E-state index in [0.29, 0.717) is 5.41 Å². The van der Waals surface area contributed by atoms with Gasteiger partial charge in [-0.15, -0.1) is 0 Å². The summed E-state index contributed by atoms with van der Waals surface area (Å²) in [6, 6.07) is 0. The lowest BCUT2D eigenvalue weighted by Crippen LogP contribution is -2.56. The zero-order valence-corrected chi connectivity index (χ0v) is 15.1. The minimum atomic E-state index is 0.166. The lowest BCUT2D eigenvalue weighted by Gasteiger charge is -2.51. The van der Waals surface area contributed by atoms with E-state index in [1.165, 1.54) is 25.7 Å². The molecule has 0 saturated carbocycles. The topological polar surface area (TPSA) is 12.0 Å². The summed E-state index contributed by atoms with van der Waals surface area (Å²) in [5, 5.41) is 3.80. The molecule has 0 saturated heterocycles. The van der Waals surface area contributed by atoms with Crippen LogP contribution in [0.1, 0.15) is 88.0 Å². The maximum Gasteiger partial charge on any atom is 0.0181 e. The Morgan fingerprint density at radius 1 is 0.895 bits per heavy atom. The second-order valence-electron chi connectivity index (χ2n) is 8.46. The van der Waals surface area contributed by atoms with Crippen LogP contribution < -0.4 is 5.32 Å². The molecular weight excluding hydrogens is 230 g/mol. The molecule has 1 nitrogen and oxygen atoms in total. The third-order valence-electron chi connectivity index (χ3n) is 5.66. The number of hydrogen-bond donors (Lipinski definition) is 1. The van der Waals surface area contributed by atoms with Gasteiger partial charge in [0.25, 0.3) is 0 Å². The van der Waals surface area contributed by atoms with Crippen molar-refractivity contribution in [3.63, 3.8) is 0 Å². The summed E-state index contributed by atoms with van der Waals surface area (Å²) in [5.74, 6) is 0.880. The van der Waals surface area contributed by atoms with Crippen LogP contribution in [0, 0.1) is 16.7 Å². The molecule has 0 aromatic rings. The van der Waals surface area contributed by atoms with Crippen LogP contribution in [0.5, 0.6) is 0 Å². The van der Waals surface area contributed by atoms with E-state index in [4.69, 9.17) is 0 Å². The van der Waals surface area contributed by atoms with E-state index in [1.807, 2.05) is 0 Å². The largest absolute Gasteiger partial charge is 0.311 e. The second kappa shape index (κ2) is 7.11. The maximum absolute atomic E-state index is 3.80. The number of nitrogens with one attached hydrogen (secondary N) is 1. The van der Waals surface area contributed by atoms with E-state index < -0.39 is 0 Å². The van der Waals surface area contributed by atoms with Crippen molar-refractivity contribution >= 4 is 0 Å². The van der Waals surface area contributed by atoms with Crippen molar-refractivity contribution in [1.29, 1.82) is 0 Å². The van der Waals surface area contributed by atoms with E-state index in [-0.39, 0.29) is 11.0 Å². The van der Waals surface area contributed by atoms with Crippen molar-refractivity contribution in [2.75, 3.05) is 6.54 Å². The van der Waals surface area contributed by atoms with Gasteiger partial charge in [0.05, 0.1) is 0 Å². The summed E-state index contributed by atoms with van der Waals surface area (Å²) in [7, 11) is 0. The third kappa shape index (κ3) is 5.45. The smallest absolute Gasteiger partial charge is 0.0181 e. The van der Waals surface area contributed by atoms with E-state index in [1.54, 1.807) is 0 Å². The molecule has 19 heavy (non-hydrogen) atoms. The molecule has 0 amide bonds. The zero-order valence-electron chi connectivity index (χ0n) is 15.1. The van der Waals surface area contributed by atoms with Crippen LogP contribution in [0.3, 0.4) is 0 Å². The first-order valence-corrected chi connectivity index (χ1v) is 8.20. The standard InChI is InChI=1S/C18H39N/c1-10-12-15(2)13-11-14-19-18(8,9)17(6,7)16(3,4)5/h15,19H,10-14H2,1-9H3. The molecule has 0 spiro atoms. The van der Waals surface area contributed by atoms with Crippen LogP contribution >= 0.6 is 0 Å². The molecule has 1 unspecified atom stereocenters. The van der Waals surface area contributed by atoms with Crippen LogP contribution in [0.4, 0.5) is 0 Å². The van der Waals surface area contributed by atoms with Crippen molar-refractivity contribution < 1.29 is 0 Å². The molecule has 0 aliphatic rings. The summed E-state index contributed by atoms with van der Waals surface area (Å²) in [5.41, 5.74) is 0.729. The summed E-state index contributed by atoms with van der Waals surface area (Å²) in [6.45, 7) is 22.3. The lowest BCUT2D eigenvalue weighted by atomic mass is 9.59. The van der Waals surface area contributed by atoms with Crippen LogP contribution in [0.15, 0.2) is 0 Å². The fraction of sp³-hybridized carbons (Fsp3) is 1.00. The van der Waals surface area contributed by atoms with Crippen molar-refractivity contribution in [2.24, 2.45) is 16.7 Å². The fourth-order valence-corrected chi connectivity index (χ4v) is 2.65.